The number of ether oxygens (including phenoxy) is 2. The fourth-order valence-corrected chi connectivity index (χ4v) is 1.02. The summed E-state index contributed by atoms with van der Waals surface area (Å²) in [5.41, 5.74) is 0. The van der Waals surface area contributed by atoms with Crippen LogP contribution in [0.25, 0.3) is 0 Å². The maximum Gasteiger partial charge on any atom is 0.326 e. The SMILES string of the molecule is CCC(C#N)C(=O)OC(C)(C)OC(=O)CC#N. The van der Waals surface area contributed by atoms with Crippen LogP contribution >= 0.6 is 0 Å². The minimum absolute atomic E-state index is 0.317. The molecule has 0 radical (unpaired) electrons. The smallest absolute Gasteiger partial charge is 0.326 e. The molecule has 0 saturated carbocycles. The van der Waals surface area contributed by atoms with E-state index in [-0.39, 0.29) is 0 Å². The molecule has 0 heterocycles. The van der Waals surface area contributed by atoms with Crippen LogP contribution in [0, 0.1) is 28.6 Å². The number of nitrogens with zero attached hydrogens (tertiary/aromatic N) is 2. The summed E-state index contributed by atoms with van der Waals surface area (Å²) in [7, 11) is 0. The zero-order chi connectivity index (χ0) is 13.5. The van der Waals surface area contributed by atoms with Gasteiger partial charge in [-0.1, -0.05) is 6.92 Å². The van der Waals surface area contributed by atoms with Gasteiger partial charge in [-0.3, -0.25) is 9.59 Å². The summed E-state index contributed by atoms with van der Waals surface area (Å²) in [6, 6.07) is 3.41. The molecule has 0 N–H and O–H groups in total. The highest BCUT2D eigenvalue weighted by Gasteiger charge is 2.30. The van der Waals surface area contributed by atoms with Gasteiger partial charge in [-0.15, -0.1) is 0 Å². The highest BCUT2D eigenvalue weighted by atomic mass is 16.7. The lowest BCUT2D eigenvalue weighted by Crippen LogP contribution is -2.35. The first kappa shape index (κ1) is 14.9. The largest absolute Gasteiger partial charge is 0.422 e. The van der Waals surface area contributed by atoms with Crippen molar-refractivity contribution in [3.8, 4) is 12.1 Å². The Kier molecular flexibility index (Phi) is 5.70. The summed E-state index contributed by atoms with van der Waals surface area (Å²) in [5, 5.41) is 16.9. The van der Waals surface area contributed by atoms with E-state index in [0.717, 1.165) is 0 Å². The lowest BCUT2D eigenvalue weighted by molar-refractivity contribution is -0.217. The Labute approximate surface area is 99.7 Å². The van der Waals surface area contributed by atoms with Gasteiger partial charge < -0.3 is 9.47 Å². The molecule has 6 heteroatoms. The minimum atomic E-state index is -1.48. The summed E-state index contributed by atoms with van der Waals surface area (Å²) < 4.78 is 9.66. The summed E-state index contributed by atoms with van der Waals surface area (Å²) in [6.07, 6.45) is -0.103. The van der Waals surface area contributed by atoms with E-state index in [1.807, 2.05) is 0 Å². The molecule has 0 aliphatic rings. The second-order valence-corrected chi connectivity index (χ2v) is 3.72. The second-order valence-electron chi connectivity index (χ2n) is 3.72. The van der Waals surface area contributed by atoms with Crippen LogP contribution in [0.2, 0.25) is 0 Å². The first-order valence-corrected chi connectivity index (χ1v) is 5.07. The third-order valence-electron chi connectivity index (χ3n) is 1.78. The molecule has 0 aliphatic carbocycles. The van der Waals surface area contributed by atoms with Crippen LogP contribution in [0.4, 0.5) is 0 Å². The van der Waals surface area contributed by atoms with Crippen molar-refractivity contribution in [1.82, 2.24) is 0 Å². The molecule has 1 unspecified atom stereocenters. The Hall–Kier alpha value is -2.08. The van der Waals surface area contributed by atoms with Gasteiger partial charge in [-0.05, 0) is 6.42 Å². The van der Waals surface area contributed by atoms with Crippen molar-refractivity contribution >= 4 is 11.9 Å². The molecule has 17 heavy (non-hydrogen) atoms. The first-order chi connectivity index (χ1) is 7.86. The molecule has 0 aliphatic heterocycles. The van der Waals surface area contributed by atoms with Gasteiger partial charge in [-0.25, -0.2) is 0 Å². The molecule has 0 amide bonds. The zero-order valence-corrected chi connectivity index (χ0v) is 10.0. The lowest BCUT2D eigenvalue weighted by Gasteiger charge is -2.25. The van der Waals surface area contributed by atoms with Gasteiger partial charge in [0.1, 0.15) is 12.3 Å². The molecule has 0 aromatic heterocycles. The van der Waals surface area contributed by atoms with E-state index < -0.39 is 30.1 Å². The molecule has 0 aromatic rings. The standard InChI is InChI=1S/C11H14N2O4/c1-4-8(7-13)10(15)17-11(2,3)16-9(14)5-6-12/h8H,4-5H2,1-3H3. The summed E-state index contributed by atoms with van der Waals surface area (Å²) in [4.78, 5) is 22.5. The Morgan fingerprint density at radius 3 is 2.29 bits per heavy atom. The maximum atomic E-state index is 11.5. The summed E-state index contributed by atoms with van der Waals surface area (Å²) >= 11 is 0. The van der Waals surface area contributed by atoms with Crippen molar-refractivity contribution in [3.63, 3.8) is 0 Å². The van der Waals surface area contributed by atoms with Gasteiger partial charge in [-0.2, -0.15) is 10.5 Å². The van der Waals surface area contributed by atoms with Crippen LogP contribution in [-0.2, 0) is 19.1 Å². The minimum Gasteiger partial charge on any atom is -0.422 e. The maximum absolute atomic E-state index is 11.5. The van der Waals surface area contributed by atoms with Crippen LogP contribution in [-0.4, -0.2) is 17.7 Å². The molecule has 0 bridgehead atoms. The molecule has 92 valence electrons. The second kappa shape index (κ2) is 6.49. The average Bonchev–Trinajstić information content (AvgIpc) is 2.17. The number of esters is 2. The molecule has 0 fully saturated rings. The molecule has 1 atom stereocenters. The highest BCUT2D eigenvalue weighted by molar-refractivity contribution is 5.76. The van der Waals surface area contributed by atoms with Crippen molar-refractivity contribution in [2.75, 3.05) is 0 Å². The Morgan fingerprint density at radius 2 is 1.88 bits per heavy atom. The van der Waals surface area contributed by atoms with Gasteiger partial charge in [0, 0.05) is 13.8 Å². The van der Waals surface area contributed by atoms with Crippen molar-refractivity contribution < 1.29 is 19.1 Å². The number of hydrogen-bond acceptors (Lipinski definition) is 6. The predicted molar refractivity (Wildman–Crippen MR) is 55.9 cm³/mol. The summed E-state index contributed by atoms with van der Waals surface area (Å²) in [6.45, 7) is 4.40. The van der Waals surface area contributed by atoms with Gasteiger partial charge in [0.2, 0.25) is 0 Å². The number of hydrogen-bond donors (Lipinski definition) is 0. The van der Waals surface area contributed by atoms with Crippen molar-refractivity contribution in [2.45, 2.75) is 39.4 Å². The number of carbonyl (C=O) groups excluding carboxylic acids is 2. The molecule has 0 spiro atoms. The van der Waals surface area contributed by atoms with Crippen LogP contribution in [0.1, 0.15) is 33.6 Å². The third-order valence-corrected chi connectivity index (χ3v) is 1.78. The van der Waals surface area contributed by atoms with E-state index in [0.29, 0.717) is 6.42 Å². The fourth-order valence-electron chi connectivity index (χ4n) is 1.02. The zero-order valence-electron chi connectivity index (χ0n) is 10.0. The van der Waals surface area contributed by atoms with Gasteiger partial charge in [0.25, 0.3) is 5.79 Å². The van der Waals surface area contributed by atoms with Crippen LogP contribution in [0.5, 0.6) is 0 Å². The normalized spacial score (nSPS) is 11.8. The monoisotopic (exact) mass is 238 g/mol. The molecule has 0 rings (SSSR count). The Morgan fingerprint density at radius 1 is 1.29 bits per heavy atom. The van der Waals surface area contributed by atoms with Crippen LogP contribution < -0.4 is 0 Å². The average molecular weight is 238 g/mol. The van der Waals surface area contributed by atoms with Crippen molar-refractivity contribution in [2.24, 2.45) is 5.92 Å². The number of rotatable bonds is 5. The first-order valence-electron chi connectivity index (χ1n) is 5.07. The van der Waals surface area contributed by atoms with Crippen LogP contribution in [0.3, 0.4) is 0 Å². The lowest BCUT2D eigenvalue weighted by atomic mass is 10.1. The quantitative estimate of drug-likeness (QED) is 0.528. The van der Waals surface area contributed by atoms with Crippen molar-refractivity contribution in [3.05, 3.63) is 0 Å². The third kappa shape index (κ3) is 5.53. The number of nitriles is 2. The van der Waals surface area contributed by atoms with E-state index in [9.17, 15) is 9.59 Å². The highest BCUT2D eigenvalue weighted by Crippen LogP contribution is 2.16. The van der Waals surface area contributed by atoms with E-state index in [4.69, 9.17) is 20.0 Å². The van der Waals surface area contributed by atoms with Crippen LogP contribution in [0.15, 0.2) is 0 Å². The Balaban J connectivity index is 4.45. The van der Waals surface area contributed by atoms with Crippen molar-refractivity contribution in [1.29, 1.82) is 10.5 Å². The fraction of sp³-hybridized carbons (Fsp3) is 0.636. The van der Waals surface area contributed by atoms with E-state index in [1.165, 1.54) is 13.8 Å². The molecule has 0 aromatic carbocycles. The van der Waals surface area contributed by atoms with Gasteiger partial charge >= 0.3 is 11.9 Å². The molecule has 0 saturated heterocycles. The topological polar surface area (TPSA) is 100 Å². The van der Waals surface area contributed by atoms with Gasteiger partial charge in [0.05, 0.1) is 12.1 Å². The van der Waals surface area contributed by atoms with E-state index in [2.05, 4.69) is 0 Å². The summed E-state index contributed by atoms with van der Waals surface area (Å²) in [5.74, 6) is -3.89. The van der Waals surface area contributed by atoms with E-state index in [1.54, 1.807) is 19.1 Å². The molecule has 6 nitrogen and oxygen atoms in total. The number of carbonyl (C=O) groups is 2. The molecular weight excluding hydrogens is 224 g/mol. The Bertz CT molecular complexity index is 376. The van der Waals surface area contributed by atoms with Gasteiger partial charge in [0.15, 0.2) is 0 Å². The predicted octanol–water partition coefficient (Wildman–Crippen LogP) is 1.27. The van der Waals surface area contributed by atoms with E-state index >= 15 is 0 Å². The molecular formula is C11H14N2O4.